The number of amides is 1. The zero-order chi connectivity index (χ0) is 27.3. The van der Waals surface area contributed by atoms with Gasteiger partial charge in [-0.3, -0.25) is 15.0 Å². The highest BCUT2D eigenvalue weighted by Gasteiger charge is 2.56. The lowest BCUT2D eigenvalue weighted by Crippen LogP contribution is -2.59. The Morgan fingerprint density at radius 1 is 1.08 bits per heavy atom. The molecule has 2 aromatic rings. The van der Waals surface area contributed by atoms with Gasteiger partial charge in [0, 0.05) is 12.7 Å². The first-order chi connectivity index (χ1) is 17.3. The van der Waals surface area contributed by atoms with Gasteiger partial charge in [-0.15, -0.1) is 0 Å². The molecule has 1 unspecified atom stereocenters. The van der Waals surface area contributed by atoms with Gasteiger partial charge in [-0.2, -0.15) is 0 Å². The van der Waals surface area contributed by atoms with Crippen LogP contribution < -0.4 is 0 Å². The first-order valence-electron chi connectivity index (χ1n) is 12.0. The molecule has 10 heteroatoms. The third kappa shape index (κ3) is 7.05. The highest BCUT2D eigenvalue weighted by atomic mass is 16.6. The molecule has 1 aliphatic heterocycles. The van der Waals surface area contributed by atoms with E-state index in [1.165, 1.54) is 29.2 Å². The zero-order valence-electron chi connectivity index (χ0n) is 21.9. The molecule has 1 aliphatic rings. The molecule has 0 bridgehead atoms. The molecule has 37 heavy (non-hydrogen) atoms. The van der Waals surface area contributed by atoms with Gasteiger partial charge in [0.25, 0.3) is 5.69 Å². The van der Waals surface area contributed by atoms with Crippen molar-refractivity contribution in [3.05, 3.63) is 75.8 Å². The number of nitro benzene ring substituents is 1. The van der Waals surface area contributed by atoms with Gasteiger partial charge in [0.1, 0.15) is 29.0 Å². The second kappa shape index (κ2) is 11.3. The van der Waals surface area contributed by atoms with Crippen LogP contribution in [0.2, 0.25) is 0 Å². The molecule has 2 aromatic carbocycles. The van der Waals surface area contributed by atoms with Gasteiger partial charge < -0.3 is 18.9 Å². The Bertz CT molecular complexity index is 1110. The Balaban J connectivity index is 1.84. The Labute approximate surface area is 216 Å². The topological polar surface area (TPSA) is 117 Å². The normalized spacial score (nSPS) is 18.9. The second-order valence-corrected chi connectivity index (χ2v) is 10.4. The average Bonchev–Trinajstić information content (AvgIpc) is 3.10. The third-order valence-electron chi connectivity index (χ3n) is 5.90. The summed E-state index contributed by atoms with van der Waals surface area (Å²) < 4.78 is 23.1. The number of hydrogen-bond donors (Lipinski definition) is 0. The lowest BCUT2D eigenvalue weighted by Gasteiger charge is -2.41. The highest BCUT2D eigenvalue weighted by molar-refractivity contribution is 5.93. The van der Waals surface area contributed by atoms with E-state index in [-0.39, 0.29) is 37.5 Å². The van der Waals surface area contributed by atoms with E-state index in [1.54, 1.807) is 34.6 Å². The monoisotopic (exact) mass is 514 g/mol. The molecule has 3 rings (SSSR count). The van der Waals surface area contributed by atoms with Gasteiger partial charge in [0.15, 0.2) is 0 Å². The molecule has 1 heterocycles. The van der Waals surface area contributed by atoms with Gasteiger partial charge in [0.2, 0.25) is 0 Å². The number of benzene rings is 2. The summed E-state index contributed by atoms with van der Waals surface area (Å²) in [6, 6.07) is 15.2. The zero-order valence-corrected chi connectivity index (χ0v) is 21.9. The third-order valence-corrected chi connectivity index (χ3v) is 5.90. The van der Waals surface area contributed by atoms with Crippen molar-refractivity contribution in [3.63, 3.8) is 0 Å². The Hall–Kier alpha value is -3.50. The number of hydrogen-bond acceptors (Lipinski definition) is 8. The molecule has 1 atom stereocenters. The fourth-order valence-corrected chi connectivity index (χ4v) is 4.20. The van der Waals surface area contributed by atoms with Gasteiger partial charge in [0.05, 0.1) is 18.1 Å². The number of rotatable bonds is 9. The number of nitro groups is 1. The van der Waals surface area contributed by atoms with E-state index in [9.17, 15) is 19.7 Å². The molecule has 1 amide bonds. The van der Waals surface area contributed by atoms with E-state index in [0.29, 0.717) is 6.61 Å². The summed E-state index contributed by atoms with van der Waals surface area (Å²) in [5, 5.41) is 11.4. The number of nitrogens with zero attached hydrogens (tertiary/aromatic N) is 2. The summed E-state index contributed by atoms with van der Waals surface area (Å²) in [6.07, 6.45) is -0.355. The molecule has 200 valence electrons. The summed E-state index contributed by atoms with van der Waals surface area (Å²) in [7, 11) is 0. The molecule has 0 aromatic heterocycles. The van der Waals surface area contributed by atoms with Crippen molar-refractivity contribution in [3.8, 4) is 0 Å². The van der Waals surface area contributed by atoms with Crippen molar-refractivity contribution in [2.75, 3.05) is 19.8 Å². The van der Waals surface area contributed by atoms with Crippen LogP contribution in [0.1, 0.15) is 57.0 Å². The molecule has 1 fully saturated rings. The maximum Gasteiger partial charge on any atom is 0.413 e. The standard InChI is InChI=1S/C27H34N2O8/c1-25(2,3)37-24(31)28-26(4,5)36-19-27(28,15-16-34-17-20-11-7-6-8-12-20)18-35-23(30)21-13-9-10-14-22(21)29(32)33/h6-14H,15-19H2,1-5H3. The van der Waals surface area contributed by atoms with Gasteiger partial charge in [-0.1, -0.05) is 42.5 Å². The maximum atomic E-state index is 13.4. The molecule has 0 N–H and O–H groups in total. The maximum absolute atomic E-state index is 13.4. The minimum absolute atomic E-state index is 0.0537. The van der Waals surface area contributed by atoms with Crippen molar-refractivity contribution in [1.29, 1.82) is 0 Å². The largest absolute Gasteiger partial charge is 0.459 e. The SMILES string of the molecule is CC(C)(C)OC(=O)N1C(CCOCc2ccccc2)(COC(=O)c2ccccc2[N+](=O)[O-])COC1(C)C. The smallest absolute Gasteiger partial charge is 0.413 e. The van der Waals surface area contributed by atoms with Crippen molar-refractivity contribution in [1.82, 2.24) is 4.90 Å². The van der Waals surface area contributed by atoms with E-state index in [4.69, 9.17) is 18.9 Å². The van der Waals surface area contributed by atoms with Crippen molar-refractivity contribution in [2.24, 2.45) is 0 Å². The molecule has 1 saturated heterocycles. The van der Waals surface area contributed by atoms with Gasteiger partial charge in [-0.05, 0) is 52.7 Å². The second-order valence-electron chi connectivity index (χ2n) is 10.4. The number of carbonyl (C=O) groups is 2. The van der Waals surface area contributed by atoms with E-state index in [2.05, 4.69) is 0 Å². The lowest BCUT2D eigenvalue weighted by atomic mass is 9.95. The quantitative estimate of drug-likeness (QED) is 0.196. The van der Waals surface area contributed by atoms with Crippen LogP contribution in [0.15, 0.2) is 54.6 Å². The van der Waals surface area contributed by atoms with Crippen molar-refractivity contribution in [2.45, 2.75) is 64.5 Å². The van der Waals surface area contributed by atoms with E-state index in [0.717, 1.165) is 5.56 Å². The molecular formula is C27H34N2O8. The minimum Gasteiger partial charge on any atom is -0.459 e. The molecule has 0 saturated carbocycles. The number of esters is 1. The van der Waals surface area contributed by atoms with Crippen LogP contribution in [-0.2, 0) is 25.6 Å². The number of carbonyl (C=O) groups excluding carboxylic acids is 2. The van der Waals surface area contributed by atoms with Gasteiger partial charge in [-0.25, -0.2) is 9.59 Å². The van der Waals surface area contributed by atoms with Crippen molar-refractivity contribution >= 4 is 17.7 Å². The summed E-state index contributed by atoms with van der Waals surface area (Å²) in [4.78, 5) is 38.5. The van der Waals surface area contributed by atoms with Crippen LogP contribution in [0.3, 0.4) is 0 Å². The summed E-state index contributed by atoms with van der Waals surface area (Å²) in [6.45, 7) is 9.12. The summed E-state index contributed by atoms with van der Waals surface area (Å²) >= 11 is 0. The Morgan fingerprint density at radius 3 is 2.38 bits per heavy atom. The first kappa shape index (κ1) is 28.1. The van der Waals surface area contributed by atoms with Crippen LogP contribution in [-0.4, -0.2) is 58.6 Å². The lowest BCUT2D eigenvalue weighted by molar-refractivity contribution is -0.385. The van der Waals surface area contributed by atoms with Crippen LogP contribution in [0.25, 0.3) is 0 Å². The van der Waals surface area contributed by atoms with E-state index >= 15 is 0 Å². The Kier molecular flexibility index (Phi) is 8.55. The fraction of sp³-hybridized carbons (Fsp3) is 0.481. The molecule has 10 nitrogen and oxygen atoms in total. The summed E-state index contributed by atoms with van der Waals surface area (Å²) in [5.74, 6) is -0.870. The molecule has 0 aliphatic carbocycles. The van der Waals surface area contributed by atoms with Gasteiger partial charge >= 0.3 is 12.1 Å². The van der Waals surface area contributed by atoms with Crippen molar-refractivity contribution < 1.29 is 33.5 Å². The Morgan fingerprint density at radius 2 is 1.73 bits per heavy atom. The predicted molar refractivity (Wildman–Crippen MR) is 135 cm³/mol. The van der Waals surface area contributed by atoms with E-state index < -0.39 is 33.9 Å². The van der Waals surface area contributed by atoms with Crippen LogP contribution in [0.5, 0.6) is 0 Å². The fourth-order valence-electron chi connectivity index (χ4n) is 4.20. The molecular weight excluding hydrogens is 480 g/mol. The molecule has 0 spiro atoms. The van der Waals surface area contributed by atoms with Crippen LogP contribution in [0, 0.1) is 10.1 Å². The van der Waals surface area contributed by atoms with Crippen LogP contribution >= 0.6 is 0 Å². The molecule has 0 radical (unpaired) electrons. The minimum atomic E-state index is -1.12. The summed E-state index contributed by atoms with van der Waals surface area (Å²) in [5.41, 5.74) is -2.50. The number of para-hydroxylation sites is 1. The number of ether oxygens (including phenoxy) is 4. The van der Waals surface area contributed by atoms with E-state index in [1.807, 2.05) is 30.3 Å². The van der Waals surface area contributed by atoms with Crippen LogP contribution in [0.4, 0.5) is 10.5 Å². The predicted octanol–water partition coefficient (Wildman–Crippen LogP) is 5.10. The first-order valence-corrected chi connectivity index (χ1v) is 12.0. The average molecular weight is 515 g/mol. The highest BCUT2D eigenvalue weighted by Crippen LogP contribution is 2.39.